The Morgan fingerprint density at radius 1 is 0.444 bits per heavy atom. The van der Waals surface area contributed by atoms with Gasteiger partial charge in [-0.15, -0.1) is 0 Å². The Morgan fingerprint density at radius 3 is 1.28 bits per heavy atom. The summed E-state index contributed by atoms with van der Waals surface area (Å²) >= 11 is 0. The summed E-state index contributed by atoms with van der Waals surface area (Å²) in [6.07, 6.45) is 61.0. The highest BCUT2D eigenvalue weighted by atomic mass is 16.6. The number of ether oxygens (including phenoxy) is 2. The molecule has 0 spiro atoms. The van der Waals surface area contributed by atoms with Crippen LogP contribution in [0.2, 0.25) is 0 Å². The topological polar surface area (TPSA) is 72.8 Å². The molecule has 0 aromatic heterocycles. The van der Waals surface area contributed by atoms with Crippen molar-refractivity contribution in [2.75, 3.05) is 13.2 Å². The smallest absolute Gasteiger partial charge is 0.306 e. The van der Waals surface area contributed by atoms with E-state index in [9.17, 15) is 14.7 Å². The van der Waals surface area contributed by atoms with Crippen molar-refractivity contribution >= 4 is 11.9 Å². The van der Waals surface area contributed by atoms with Gasteiger partial charge in [-0.25, -0.2) is 0 Å². The Morgan fingerprint density at radius 2 is 0.815 bits per heavy atom. The maximum atomic E-state index is 12.2. The van der Waals surface area contributed by atoms with Crippen LogP contribution in [0.25, 0.3) is 0 Å². The number of carbonyl (C=O) groups is 2. The molecular formula is C49H82O5. The third-order valence-electron chi connectivity index (χ3n) is 9.15. The molecule has 0 saturated heterocycles. The fourth-order valence-electron chi connectivity index (χ4n) is 5.84. The van der Waals surface area contributed by atoms with E-state index in [0.29, 0.717) is 19.3 Å². The summed E-state index contributed by atoms with van der Waals surface area (Å²) in [6, 6.07) is 0. The van der Waals surface area contributed by atoms with E-state index in [4.69, 9.17) is 9.47 Å². The number of unbranched alkanes of at least 4 members (excludes halogenated alkanes) is 17. The third-order valence-corrected chi connectivity index (χ3v) is 9.15. The van der Waals surface area contributed by atoms with Gasteiger partial charge in [0.2, 0.25) is 0 Å². The molecule has 0 fully saturated rings. The van der Waals surface area contributed by atoms with Crippen LogP contribution < -0.4 is 0 Å². The SMILES string of the molecule is CC/C=C/C/C=C/C/C=C/C/C=C/C/C=C/CCCC(=O)OC[C@H](CO)OC(=O)CCC/C=C/CC/C=C/CCCCCCCCCCCCCCCC. The Kier molecular flexibility index (Phi) is 42.1. The van der Waals surface area contributed by atoms with Gasteiger partial charge < -0.3 is 14.6 Å². The molecule has 1 N–H and O–H groups in total. The van der Waals surface area contributed by atoms with Gasteiger partial charge in [-0.2, -0.15) is 0 Å². The maximum absolute atomic E-state index is 12.2. The lowest BCUT2D eigenvalue weighted by Crippen LogP contribution is -2.28. The minimum Gasteiger partial charge on any atom is -0.462 e. The summed E-state index contributed by atoms with van der Waals surface area (Å²) in [4.78, 5) is 24.3. The number of esters is 2. The van der Waals surface area contributed by atoms with E-state index in [1.54, 1.807) is 0 Å². The number of carbonyl (C=O) groups excluding carboxylic acids is 2. The van der Waals surface area contributed by atoms with Crippen LogP contribution in [0.5, 0.6) is 0 Å². The van der Waals surface area contributed by atoms with E-state index in [0.717, 1.165) is 57.8 Å². The van der Waals surface area contributed by atoms with Crippen LogP contribution in [-0.2, 0) is 19.1 Å². The number of hydrogen-bond donors (Lipinski definition) is 1. The Bertz CT molecular complexity index is 1030. The van der Waals surface area contributed by atoms with E-state index in [2.05, 4.69) is 98.9 Å². The Labute approximate surface area is 333 Å². The van der Waals surface area contributed by atoms with Crippen molar-refractivity contribution in [3.05, 3.63) is 85.1 Å². The zero-order valence-electron chi connectivity index (χ0n) is 35.0. The molecular weight excluding hydrogens is 669 g/mol. The second kappa shape index (κ2) is 44.5. The number of allylic oxidation sites excluding steroid dienone is 14. The van der Waals surface area contributed by atoms with Crippen molar-refractivity contribution in [3.63, 3.8) is 0 Å². The first-order valence-corrected chi connectivity index (χ1v) is 22.1. The first-order valence-electron chi connectivity index (χ1n) is 22.1. The highest BCUT2D eigenvalue weighted by molar-refractivity contribution is 5.70. The van der Waals surface area contributed by atoms with Crippen LogP contribution in [0.15, 0.2) is 85.1 Å². The normalized spacial score (nSPS) is 13.0. The minimum absolute atomic E-state index is 0.116. The van der Waals surface area contributed by atoms with Crippen molar-refractivity contribution in [3.8, 4) is 0 Å². The lowest BCUT2D eigenvalue weighted by molar-refractivity contribution is -0.161. The van der Waals surface area contributed by atoms with E-state index in [-0.39, 0.29) is 31.6 Å². The van der Waals surface area contributed by atoms with Crippen LogP contribution in [-0.4, -0.2) is 36.4 Å². The van der Waals surface area contributed by atoms with Crippen molar-refractivity contribution in [2.45, 2.75) is 200 Å². The van der Waals surface area contributed by atoms with Gasteiger partial charge in [-0.1, -0.05) is 182 Å². The number of hydrogen-bond acceptors (Lipinski definition) is 5. The van der Waals surface area contributed by atoms with Crippen LogP contribution in [0.3, 0.4) is 0 Å². The summed E-state index contributed by atoms with van der Waals surface area (Å²) in [6.45, 7) is 3.94. The van der Waals surface area contributed by atoms with Gasteiger partial charge in [0, 0.05) is 12.8 Å². The van der Waals surface area contributed by atoms with Gasteiger partial charge in [0.25, 0.3) is 0 Å². The molecule has 0 aliphatic heterocycles. The second-order valence-corrected chi connectivity index (χ2v) is 14.4. The van der Waals surface area contributed by atoms with Crippen molar-refractivity contribution in [1.82, 2.24) is 0 Å². The number of rotatable bonds is 39. The van der Waals surface area contributed by atoms with E-state index in [1.807, 2.05) is 0 Å². The average Bonchev–Trinajstić information content (AvgIpc) is 3.17. The molecule has 0 aliphatic rings. The zero-order valence-corrected chi connectivity index (χ0v) is 35.0. The quantitative estimate of drug-likeness (QED) is 0.0385. The van der Waals surface area contributed by atoms with E-state index < -0.39 is 6.10 Å². The summed E-state index contributed by atoms with van der Waals surface area (Å²) in [5.41, 5.74) is 0. The Hall–Kier alpha value is -2.92. The Balaban J connectivity index is 3.67. The number of aliphatic hydroxyl groups is 1. The van der Waals surface area contributed by atoms with Crippen molar-refractivity contribution in [2.24, 2.45) is 0 Å². The first-order chi connectivity index (χ1) is 26.6. The molecule has 0 aromatic rings. The van der Waals surface area contributed by atoms with E-state index in [1.165, 1.54) is 96.3 Å². The summed E-state index contributed by atoms with van der Waals surface area (Å²) in [5, 5.41) is 9.57. The number of aliphatic hydroxyl groups excluding tert-OH is 1. The highest BCUT2D eigenvalue weighted by Gasteiger charge is 2.15. The van der Waals surface area contributed by atoms with Crippen LogP contribution in [0.1, 0.15) is 194 Å². The van der Waals surface area contributed by atoms with Crippen LogP contribution >= 0.6 is 0 Å². The lowest BCUT2D eigenvalue weighted by atomic mass is 10.0. The zero-order chi connectivity index (χ0) is 39.3. The van der Waals surface area contributed by atoms with Crippen molar-refractivity contribution < 1.29 is 24.2 Å². The fraction of sp³-hybridized carbons (Fsp3) is 0.673. The molecule has 0 saturated carbocycles. The predicted molar refractivity (Wildman–Crippen MR) is 233 cm³/mol. The molecule has 54 heavy (non-hydrogen) atoms. The van der Waals surface area contributed by atoms with E-state index >= 15 is 0 Å². The highest BCUT2D eigenvalue weighted by Crippen LogP contribution is 2.14. The van der Waals surface area contributed by atoms with Crippen LogP contribution in [0.4, 0.5) is 0 Å². The molecule has 0 aromatic carbocycles. The third kappa shape index (κ3) is 41.8. The molecule has 0 amide bonds. The van der Waals surface area contributed by atoms with Gasteiger partial charge in [0.15, 0.2) is 6.10 Å². The molecule has 308 valence electrons. The largest absolute Gasteiger partial charge is 0.462 e. The molecule has 0 heterocycles. The summed E-state index contributed by atoms with van der Waals surface area (Å²) in [5.74, 6) is -0.713. The molecule has 5 nitrogen and oxygen atoms in total. The van der Waals surface area contributed by atoms with Gasteiger partial charge in [0.1, 0.15) is 6.61 Å². The van der Waals surface area contributed by atoms with Gasteiger partial charge in [-0.3, -0.25) is 9.59 Å². The predicted octanol–water partition coefficient (Wildman–Crippen LogP) is 14.3. The maximum Gasteiger partial charge on any atom is 0.306 e. The molecule has 0 unspecified atom stereocenters. The molecule has 0 radical (unpaired) electrons. The average molecular weight is 751 g/mol. The lowest BCUT2D eigenvalue weighted by Gasteiger charge is -2.15. The molecule has 0 rings (SSSR count). The second-order valence-electron chi connectivity index (χ2n) is 14.4. The van der Waals surface area contributed by atoms with Crippen molar-refractivity contribution in [1.29, 1.82) is 0 Å². The summed E-state index contributed by atoms with van der Waals surface area (Å²) < 4.78 is 10.6. The molecule has 1 atom stereocenters. The first kappa shape index (κ1) is 51.1. The monoisotopic (exact) mass is 751 g/mol. The van der Waals surface area contributed by atoms with Gasteiger partial charge >= 0.3 is 11.9 Å². The standard InChI is InChI=1S/C49H82O5/c1-3-5-7-9-11-13-15-17-19-21-22-23-24-25-26-28-30-32-34-36-38-40-42-44-49(52)54-47(45-50)46-53-48(51)43-41-39-37-35-33-31-29-27-20-18-16-14-12-10-8-6-4-2/h6,8,12,14,18,20,28-31,35-38,47,50H,3-5,7,9-11,13,15-17,19,21-27,32-34,39-46H2,1-2H3/b8-6+,14-12+,20-18+,30-28+,31-29+,37-35+,38-36+/t47-/m0/s1. The fourth-order valence-corrected chi connectivity index (χ4v) is 5.84. The minimum atomic E-state index is -0.820. The van der Waals surface area contributed by atoms with Crippen LogP contribution in [0, 0.1) is 0 Å². The molecule has 0 bridgehead atoms. The molecule has 5 heteroatoms. The van der Waals surface area contributed by atoms with Gasteiger partial charge in [-0.05, 0) is 83.5 Å². The molecule has 0 aliphatic carbocycles. The summed E-state index contributed by atoms with van der Waals surface area (Å²) in [7, 11) is 0. The van der Waals surface area contributed by atoms with Gasteiger partial charge in [0.05, 0.1) is 6.61 Å².